The summed E-state index contributed by atoms with van der Waals surface area (Å²) < 4.78 is 5.99. The molecule has 33 heavy (non-hydrogen) atoms. The lowest BCUT2D eigenvalue weighted by Crippen LogP contribution is -2.54. The van der Waals surface area contributed by atoms with Gasteiger partial charge in [0, 0.05) is 28.2 Å². The van der Waals surface area contributed by atoms with Gasteiger partial charge in [-0.1, -0.05) is 62.5 Å². The Morgan fingerprint density at radius 2 is 1.70 bits per heavy atom. The molecule has 0 spiro atoms. The van der Waals surface area contributed by atoms with E-state index in [1.165, 1.54) is 15.9 Å². The molecular weight excluding hydrogens is 420 g/mol. The van der Waals surface area contributed by atoms with Crippen LogP contribution in [-0.2, 0) is 6.42 Å². The first-order valence-corrected chi connectivity index (χ1v) is 14.7. The molecule has 3 aromatic heterocycles. The number of rotatable bonds is 5. The van der Waals surface area contributed by atoms with Crippen molar-refractivity contribution in [3.8, 4) is 11.3 Å². The highest BCUT2D eigenvalue weighted by atomic mass is 28.3. The van der Waals surface area contributed by atoms with Gasteiger partial charge in [-0.05, 0) is 66.4 Å². The Bertz CT molecular complexity index is 1450. The average molecular weight is 451 g/mol. The van der Waals surface area contributed by atoms with E-state index >= 15 is 0 Å². The van der Waals surface area contributed by atoms with Gasteiger partial charge in [0.25, 0.3) is 0 Å². The van der Waals surface area contributed by atoms with Crippen molar-refractivity contribution in [1.82, 2.24) is 9.97 Å². The Morgan fingerprint density at radius 1 is 0.909 bits per heavy atom. The van der Waals surface area contributed by atoms with Crippen LogP contribution in [0.3, 0.4) is 0 Å². The van der Waals surface area contributed by atoms with Crippen molar-refractivity contribution in [2.75, 3.05) is 0 Å². The van der Waals surface area contributed by atoms with Gasteiger partial charge >= 0.3 is 0 Å². The Labute approximate surface area is 196 Å². The third kappa shape index (κ3) is 4.00. The lowest BCUT2D eigenvalue weighted by Gasteiger charge is -2.27. The van der Waals surface area contributed by atoms with Crippen LogP contribution < -0.4 is 10.4 Å². The van der Waals surface area contributed by atoms with E-state index in [-0.39, 0.29) is 0 Å². The predicted molar refractivity (Wildman–Crippen MR) is 141 cm³/mol. The van der Waals surface area contributed by atoms with Gasteiger partial charge < -0.3 is 4.42 Å². The SMILES string of the molecule is Cc1ccc2c(n1)oc1ccc(-c3cc(CC(C)C)c([Si](C)(C)c4ccccc4)cn3)cc12. The molecule has 0 aliphatic heterocycles. The zero-order valence-corrected chi connectivity index (χ0v) is 21.0. The molecule has 0 aliphatic carbocycles. The van der Waals surface area contributed by atoms with Crippen LogP contribution in [0.5, 0.6) is 0 Å². The van der Waals surface area contributed by atoms with Crippen molar-refractivity contribution in [3.05, 3.63) is 84.2 Å². The summed E-state index contributed by atoms with van der Waals surface area (Å²) in [6, 6.07) is 23.7. The number of aryl methyl sites for hydroxylation is 1. The average Bonchev–Trinajstić information content (AvgIpc) is 3.15. The molecule has 0 amide bonds. The van der Waals surface area contributed by atoms with Gasteiger partial charge in [-0.15, -0.1) is 0 Å². The number of nitrogens with zero attached hydrogens (tertiary/aromatic N) is 2. The number of aromatic nitrogens is 2. The summed E-state index contributed by atoms with van der Waals surface area (Å²) in [7, 11) is -1.85. The highest BCUT2D eigenvalue weighted by Crippen LogP contribution is 2.31. The van der Waals surface area contributed by atoms with E-state index < -0.39 is 8.07 Å². The lowest BCUT2D eigenvalue weighted by atomic mass is 10.0. The molecule has 0 saturated heterocycles. The summed E-state index contributed by atoms with van der Waals surface area (Å²) >= 11 is 0. The fraction of sp³-hybridized carbons (Fsp3) is 0.241. The van der Waals surface area contributed by atoms with Crippen LogP contribution in [0.25, 0.3) is 33.3 Å². The largest absolute Gasteiger partial charge is 0.438 e. The molecule has 0 aliphatic rings. The first-order valence-electron chi connectivity index (χ1n) is 11.7. The van der Waals surface area contributed by atoms with Crippen LogP contribution >= 0.6 is 0 Å². The molecule has 0 atom stereocenters. The second-order valence-corrected chi connectivity index (χ2v) is 14.3. The Kier molecular flexibility index (Phi) is 5.41. The first-order chi connectivity index (χ1) is 15.8. The molecule has 0 bridgehead atoms. The van der Waals surface area contributed by atoms with E-state index in [0.29, 0.717) is 11.6 Å². The number of hydrogen-bond acceptors (Lipinski definition) is 3. The molecule has 0 saturated carbocycles. The highest BCUT2D eigenvalue weighted by Gasteiger charge is 2.29. The summed E-state index contributed by atoms with van der Waals surface area (Å²) in [4.78, 5) is 9.53. The minimum atomic E-state index is -1.85. The van der Waals surface area contributed by atoms with Gasteiger partial charge in [0.15, 0.2) is 0 Å². The van der Waals surface area contributed by atoms with Crippen LogP contribution in [-0.4, -0.2) is 18.0 Å². The number of benzene rings is 2. The monoisotopic (exact) mass is 450 g/mol. The van der Waals surface area contributed by atoms with Gasteiger partial charge in [-0.25, -0.2) is 4.98 Å². The highest BCUT2D eigenvalue weighted by molar-refractivity contribution is 7.00. The second kappa shape index (κ2) is 8.27. The van der Waals surface area contributed by atoms with Crippen LogP contribution in [0.4, 0.5) is 0 Å². The van der Waals surface area contributed by atoms with Crippen molar-refractivity contribution >= 4 is 40.5 Å². The molecule has 4 heteroatoms. The molecule has 0 fully saturated rings. The van der Waals surface area contributed by atoms with Gasteiger partial charge in [0.1, 0.15) is 13.7 Å². The molecule has 0 radical (unpaired) electrons. The lowest BCUT2D eigenvalue weighted by molar-refractivity contribution is 0.649. The summed E-state index contributed by atoms with van der Waals surface area (Å²) in [5.74, 6) is 0.578. The molecule has 166 valence electrons. The van der Waals surface area contributed by atoms with Crippen molar-refractivity contribution < 1.29 is 4.42 Å². The zero-order chi connectivity index (χ0) is 23.2. The minimum absolute atomic E-state index is 0.578. The van der Waals surface area contributed by atoms with Gasteiger partial charge in [-0.3, -0.25) is 4.98 Å². The first kappa shape index (κ1) is 21.6. The molecule has 2 aromatic carbocycles. The third-order valence-corrected chi connectivity index (χ3v) is 10.1. The number of fused-ring (bicyclic) bond motifs is 3. The molecule has 5 rings (SSSR count). The zero-order valence-electron chi connectivity index (χ0n) is 20.0. The third-order valence-electron chi connectivity index (χ3n) is 6.56. The topological polar surface area (TPSA) is 38.9 Å². The molecular formula is C29H30N2OSi. The number of pyridine rings is 2. The van der Waals surface area contributed by atoms with Crippen LogP contribution in [0.15, 0.2) is 77.3 Å². The molecule has 0 unspecified atom stereocenters. The molecule has 3 heterocycles. The van der Waals surface area contributed by atoms with Crippen LogP contribution in [0, 0.1) is 12.8 Å². The normalized spacial score (nSPS) is 12.2. The quantitative estimate of drug-likeness (QED) is 0.292. The predicted octanol–water partition coefficient (Wildman–Crippen LogP) is 6.37. The van der Waals surface area contributed by atoms with Gasteiger partial charge in [0.05, 0.1) is 5.69 Å². The van der Waals surface area contributed by atoms with E-state index in [1.807, 2.05) is 19.1 Å². The second-order valence-electron chi connectivity index (χ2n) is 9.93. The number of furan rings is 1. The maximum Gasteiger partial charge on any atom is 0.227 e. The Hall–Kier alpha value is -3.24. The Balaban J connectivity index is 1.63. The van der Waals surface area contributed by atoms with E-state index in [2.05, 4.69) is 92.7 Å². The minimum Gasteiger partial charge on any atom is -0.438 e. The van der Waals surface area contributed by atoms with Gasteiger partial charge in [0.2, 0.25) is 5.71 Å². The van der Waals surface area contributed by atoms with Crippen molar-refractivity contribution in [2.24, 2.45) is 5.92 Å². The molecule has 3 nitrogen and oxygen atoms in total. The van der Waals surface area contributed by atoms with E-state index in [9.17, 15) is 0 Å². The standard InChI is InChI=1S/C29H30N2OSi/c1-19(2)15-22-17-26(30-18-28(22)33(4,5)23-9-7-6-8-10-23)21-12-14-27-25(16-21)24-13-11-20(3)31-29(24)32-27/h6-14,16-19H,15H2,1-5H3. The van der Waals surface area contributed by atoms with Crippen molar-refractivity contribution in [2.45, 2.75) is 40.3 Å². The fourth-order valence-corrected chi connectivity index (χ4v) is 7.45. The summed E-state index contributed by atoms with van der Waals surface area (Å²) in [6.45, 7) is 11.4. The summed E-state index contributed by atoms with van der Waals surface area (Å²) in [5, 5.41) is 5.01. The van der Waals surface area contributed by atoms with Gasteiger partial charge in [-0.2, -0.15) is 0 Å². The fourth-order valence-electron chi connectivity index (χ4n) is 4.75. The summed E-state index contributed by atoms with van der Waals surface area (Å²) in [5.41, 5.74) is 6.07. The van der Waals surface area contributed by atoms with Crippen LogP contribution in [0.1, 0.15) is 25.1 Å². The van der Waals surface area contributed by atoms with Crippen molar-refractivity contribution in [1.29, 1.82) is 0 Å². The van der Waals surface area contributed by atoms with E-state index in [4.69, 9.17) is 9.40 Å². The maximum atomic E-state index is 5.99. The van der Waals surface area contributed by atoms with E-state index in [0.717, 1.165) is 39.7 Å². The summed E-state index contributed by atoms with van der Waals surface area (Å²) in [6.07, 6.45) is 3.20. The van der Waals surface area contributed by atoms with E-state index in [1.54, 1.807) is 0 Å². The van der Waals surface area contributed by atoms with Crippen LogP contribution in [0.2, 0.25) is 13.1 Å². The number of hydrogen-bond donors (Lipinski definition) is 0. The molecule has 0 N–H and O–H groups in total. The Morgan fingerprint density at radius 3 is 2.45 bits per heavy atom. The molecule has 5 aromatic rings. The van der Waals surface area contributed by atoms with Crippen molar-refractivity contribution in [3.63, 3.8) is 0 Å². The maximum absolute atomic E-state index is 5.99. The smallest absolute Gasteiger partial charge is 0.227 e.